The Morgan fingerprint density at radius 1 is 1.34 bits per heavy atom. The van der Waals surface area contributed by atoms with E-state index in [-0.39, 0.29) is 23.8 Å². The van der Waals surface area contributed by atoms with Crippen LogP contribution in [0.15, 0.2) is 24.3 Å². The molecule has 2 atom stereocenters. The Labute approximate surface area is 182 Å². The van der Waals surface area contributed by atoms with Crippen molar-refractivity contribution in [3.05, 3.63) is 35.4 Å². The maximum Gasteiger partial charge on any atom is 0.306 e. The van der Waals surface area contributed by atoms with Crippen LogP contribution in [0.5, 0.6) is 0 Å². The molecule has 0 saturated carbocycles. The van der Waals surface area contributed by atoms with Crippen molar-refractivity contribution in [1.82, 2.24) is 0 Å². The van der Waals surface area contributed by atoms with Crippen LogP contribution in [0.2, 0.25) is 0 Å². The van der Waals surface area contributed by atoms with Crippen molar-refractivity contribution in [3.63, 3.8) is 0 Å². The Kier molecular flexibility index (Phi) is 10.5. The third kappa shape index (κ3) is 9.10. The van der Waals surface area contributed by atoms with Crippen molar-refractivity contribution in [2.75, 3.05) is 19.0 Å². The van der Waals surface area contributed by atoms with Gasteiger partial charge in [0.1, 0.15) is 0 Å². The van der Waals surface area contributed by atoms with Gasteiger partial charge in [-0.15, -0.1) is 0 Å². The van der Waals surface area contributed by atoms with Crippen molar-refractivity contribution in [3.8, 4) is 0 Å². The van der Waals surface area contributed by atoms with Gasteiger partial charge in [0.05, 0.1) is 12.7 Å². The lowest BCUT2D eigenvalue weighted by Gasteiger charge is -2.29. The van der Waals surface area contributed by atoms with E-state index in [1.807, 2.05) is 6.92 Å². The van der Waals surface area contributed by atoms with Crippen LogP contribution >= 0.6 is 12.6 Å². The summed E-state index contributed by atoms with van der Waals surface area (Å²) in [5, 5.41) is 0. The number of carbonyl (C=O) groups excluding carboxylic acids is 1. The third-order valence-electron chi connectivity index (χ3n) is 5.45. The molecule has 1 aromatic carbocycles. The van der Waals surface area contributed by atoms with Gasteiger partial charge < -0.3 is 14.2 Å². The Hall–Kier alpha value is -1.04. The molecule has 1 aromatic rings. The van der Waals surface area contributed by atoms with E-state index in [4.69, 9.17) is 14.2 Å². The second-order valence-electron chi connectivity index (χ2n) is 8.69. The molecule has 1 heterocycles. The summed E-state index contributed by atoms with van der Waals surface area (Å²) in [6.45, 7) is 7.57. The molecule has 0 amide bonds. The molecule has 164 valence electrons. The van der Waals surface area contributed by atoms with Crippen LogP contribution in [0.4, 0.5) is 0 Å². The van der Waals surface area contributed by atoms with E-state index in [9.17, 15) is 4.79 Å². The largest absolute Gasteiger partial charge is 0.466 e. The molecular formula is C24H38O4S. The fourth-order valence-corrected chi connectivity index (χ4v) is 3.75. The zero-order valence-electron chi connectivity index (χ0n) is 18.3. The molecule has 0 spiro atoms. The van der Waals surface area contributed by atoms with E-state index in [2.05, 4.69) is 50.7 Å². The highest BCUT2D eigenvalue weighted by Gasteiger charge is 2.23. The molecule has 0 radical (unpaired) electrons. The maximum atomic E-state index is 11.7. The van der Waals surface area contributed by atoms with E-state index >= 15 is 0 Å². The van der Waals surface area contributed by atoms with E-state index < -0.39 is 0 Å². The number of carbonyl (C=O) groups is 1. The van der Waals surface area contributed by atoms with Crippen LogP contribution in [-0.2, 0) is 25.4 Å². The predicted octanol–water partition coefficient (Wildman–Crippen LogP) is 5.89. The molecule has 4 nitrogen and oxygen atoms in total. The maximum absolute atomic E-state index is 11.7. The van der Waals surface area contributed by atoms with Crippen molar-refractivity contribution < 1.29 is 19.0 Å². The molecule has 0 aromatic heterocycles. The summed E-state index contributed by atoms with van der Waals surface area (Å²) < 4.78 is 17.3. The lowest BCUT2D eigenvalue weighted by molar-refractivity contribution is -0.191. The second kappa shape index (κ2) is 12.6. The number of rotatable bonds is 12. The summed E-state index contributed by atoms with van der Waals surface area (Å²) in [6.07, 6.45) is 7.37. The average Bonchev–Trinajstić information content (AvgIpc) is 2.73. The number of hydrogen-bond donors (Lipinski definition) is 1. The fourth-order valence-electron chi connectivity index (χ4n) is 3.59. The van der Waals surface area contributed by atoms with E-state index in [1.165, 1.54) is 5.56 Å². The molecule has 29 heavy (non-hydrogen) atoms. The quantitative estimate of drug-likeness (QED) is 0.337. The van der Waals surface area contributed by atoms with Crippen LogP contribution in [0, 0.1) is 5.41 Å². The standard InChI is InChI=1S/C24H38O4S/c1-4-26-22(25)14-13-19-9-7-10-20(17-19)21(11-8-15-24(2,3)18-29)28-23-12-5-6-16-27-23/h7,9-10,17,21,23,29H,4-6,8,11-16,18H2,1-3H3. The first-order chi connectivity index (χ1) is 13.9. The fraction of sp³-hybridized carbons (Fsp3) is 0.708. The van der Waals surface area contributed by atoms with Gasteiger partial charge in [-0.25, -0.2) is 0 Å². The van der Waals surface area contributed by atoms with Crippen LogP contribution < -0.4 is 0 Å². The van der Waals surface area contributed by atoms with Crippen LogP contribution in [0.3, 0.4) is 0 Å². The van der Waals surface area contributed by atoms with Gasteiger partial charge in [-0.1, -0.05) is 38.1 Å². The minimum absolute atomic E-state index is 0.0105. The first-order valence-corrected chi connectivity index (χ1v) is 11.7. The number of thiol groups is 1. The van der Waals surface area contributed by atoms with E-state index in [1.54, 1.807) is 0 Å². The van der Waals surface area contributed by atoms with Crippen LogP contribution in [0.1, 0.15) is 82.9 Å². The highest BCUT2D eigenvalue weighted by molar-refractivity contribution is 7.80. The van der Waals surface area contributed by atoms with Crippen LogP contribution in [-0.4, -0.2) is 31.2 Å². The monoisotopic (exact) mass is 422 g/mol. The molecule has 0 aliphatic carbocycles. The SMILES string of the molecule is CCOC(=O)CCc1cccc(C(CCCC(C)(C)CS)OC2CCCCO2)c1. The van der Waals surface area contributed by atoms with E-state index in [0.717, 1.165) is 56.4 Å². The molecule has 1 saturated heterocycles. The first-order valence-electron chi connectivity index (χ1n) is 11.1. The molecule has 1 aliphatic heterocycles. The Morgan fingerprint density at radius 3 is 2.86 bits per heavy atom. The summed E-state index contributed by atoms with van der Waals surface area (Å²) in [4.78, 5) is 11.7. The molecule has 5 heteroatoms. The van der Waals surface area contributed by atoms with Crippen molar-refractivity contribution in [2.45, 2.75) is 84.5 Å². The van der Waals surface area contributed by atoms with E-state index in [0.29, 0.717) is 19.4 Å². The lowest BCUT2D eigenvalue weighted by atomic mass is 9.88. The predicted molar refractivity (Wildman–Crippen MR) is 120 cm³/mol. The Morgan fingerprint density at radius 2 is 2.17 bits per heavy atom. The minimum atomic E-state index is -0.143. The Bertz CT molecular complexity index is 611. The second-order valence-corrected chi connectivity index (χ2v) is 9.00. The number of hydrogen-bond acceptors (Lipinski definition) is 5. The number of aryl methyl sites for hydroxylation is 1. The first kappa shape index (κ1) is 24.2. The number of esters is 1. The normalized spacial score (nSPS) is 18.4. The van der Waals surface area contributed by atoms with Gasteiger partial charge in [0.15, 0.2) is 6.29 Å². The zero-order valence-corrected chi connectivity index (χ0v) is 19.2. The third-order valence-corrected chi connectivity index (χ3v) is 6.30. The molecule has 0 bridgehead atoms. The van der Waals surface area contributed by atoms with Gasteiger partial charge in [0, 0.05) is 13.0 Å². The highest BCUT2D eigenvalue weighted by Crippen LogP contribution is 2.32. The summed E-state index contributed by atoms with van der Waals surface area (Å²) in [7, 11) is 0. The molecule has 2 rings (SSSR count). The molecular weight excluding hydrogens is 384 g/mol. The lowest BCUT2D eigenvalue weighted by Crippen LogP contribution is -2.25. The zero-order chi connectivity index (χ0) is 21.1. The molecule has 2 unspecified atom stereocenters. The Balaban J connectivity index is 2.03. The molecule has 1 fully saturated rings. The van der Waals surface area contributed by atoms with Crippen molar-refractivity contribution in [2.24, 2.45) is 5.41 Å². The van der Waals surface area contributed by atoms with Gasteiger partial charge in [0.2, 0.25) is 0 Å². The van der Waals surface area contributed by atoms with Crippen LogP contribution in [0.25, 0.3) is 0 Å². The van der Waals surface area contributed by atoms with Gasteiger partial charge in [-0.3, -0.25) is 4.79 Å². The van der Waals surface area contributed by atoms with Gasteiger partial charge in [-0.2, -0.15) is 12.6 Å². The van der Waals surface area contributed by atoms with Gasteiger partial charge in [-0.05, 0) is 74.2 Å². The summed E-state index contributed by atoms with van der Waals surface area (Å²) in [6, 6.07) is 8.44. The van der Waals surface area contributed by atoms with Crippen molar-refractivity contribution >= 4 is 18.6 Å². The summed E-state index contributed by atoms with van der Waals surface area (Å²) >= 11 is 4.48. The smallest absolute Gasteiger partial charge is 0.306 e. The average molecular weight is 423 g/mol. The molecule has 1 aliphatic rings. The van der Waals surface area contributed by atoms with Crippen molar-refractivity contribution in [1.29, 1.82) is 0 Å². The number of benzene rings is 1. The summed E-state index contributed by atoms with van der Waals surface area (Å²) in [5.41, 5.74) is 2.55. The van der Waals surface area contributed by atoms with Gasteiger partial charge >= 0.3 is 5.97 Å². The molecule has 0 N–H and O–H groups in total. The topological polar surface area (TPSA) is 44.8 Å². The van der Waals surface area contributed by atoms with Gasteiger partial charge in [0.25, 0.3) is 0 Å². The highest BCUT2D eigenvalue weighted by atomic mass is 32.1. The number of ether oxygens (including phenoxy) is 3. The minimum Gasteiger partial charge on any atom is -0.466 e. The summed E-state index contributed by atoms with van der Waals surface area (Å²) in [5.74, 6) is 0.739.